The van der Waals surface area contributed by atoms with Crippen molar-refractivity contribution < 1.29 is 19.5 Å². The molecule has 116 valence electrons. The predicted octanol–water partition coefficient (Wildman–Crippen LogP) is 2.02. The van der Waals surface area contributed by atoms with E-state index in [0.29, 0.717) is 11.1 Å². The Labute approximate surface area is 132 Å². The number of phenolic OH excluding ortho intramolecular Hbond substituents is 1. The van der Waals surface area contributed by atoms with E-state index in [0.717, 1.165) is 4.90 Å². The number of hydrogen-bond acceptors (Lipinski definition) is 4. The molecule has 0 saturated heterocycles. The molecule has 1 heterocycles. The van der Waals surface area contributed by atoms with Gasteiger partial charge in [0, 0.05) is 0 Å². The summed E-state index contributed by atoms with van der Waals surface area (Å²) in [6, 6.07) is 11.7. The molecular weight excluding hydrogens is 296 g/mol. The highest BCUT2D eigenvalue weighted by Gasteiger charge is 2.40. The number of phenols is 1. The Morgan fingerprint density at radius 2 is 1.52 bits per heavy atom. The zero-order valence-electron chi connectivity index (χ0n) is 12.3. The minimum atomic E-state index is -0.998. The quantitative estimate of drug-likeness (QED) is 0.670. The minimum absolute atomic E-state index is 0.0876. The second kappa shape index (κ2) is 5.57. The standard InChI is InChI=1S/C17H14N2O4/c1-10(15(21)18-13-8-4-5-9-14(13)20)19-16(22)11-6-2-3-7-12(11)17(19)23/h2-10,20H,1H3,(H,18,21). The van der Waals surface area contributed by atoms with Gasteiger partial charge in [0.05, 0.1) is 16.8 Å². The summed E-state index contributed by atoms with van der Waals surface area (Å²) in [5.74, 6) is -1.63. The van der Waals surface area contributed by atoms with Crippen LogP contribution in [0.1, 0.15) is 27.6 Å². The lowest BCUT2D eigenvalue weighted by Gasteiger charge is -2.21. The summed E-state index contributed by atoms with van der Waals surface area (Å²) in [6.45, 7) is 1.47. The number of anilines is 1. The van der Waals surface area contributed by atoms with Gasteiger partial charge < -0.3 is 10.4 Å². The number of fused-ring (bicyclic) bond motifs is 1. The number of carbonyl (C=O) groups is 3. The fourth-order valence-corrected chi connectivity index (χ4v) is 2.49. The molecule has 6 heteroatoms. The van der Waals surface area contributed by atoms with E-state index in [9.17, 15) is 19.5 Å². The third-order valence-corrected chi connectivity index (χ3v) is 3.75. The monoisotopic (exact) mass is 310 g/mol. The number of rotatable bonds is 3. The van der Waals surface area contributed by atoms with E-state index in [4.69, 9.17) is 0 Å². The number of carbonyl (C=O) groups excluding carboxylic acids is 3. The number of benzene rings is 2. The molecule has 1 unspecified atom stereocenters. The van der Waals surface area contributed by atoms with Crippen LogP contribution in [-0.4, -0.2) is 33.8 Å². The first-order valence-electron chi connectivity index (χ1n) is 7.06. The summed E-state index contributed by atoms with van der Waals surface area (Å²) < 4.78 is 0. The molecule has 23 heavy (non-hydrogen) atoms. The van der Waals surface area contributed by atoms with Crippen LogP contribution in [-0.2, 0) is 4.79 Å². The molecule has 0 saturated carbocycles. The van der Waals surface area contributed by atoms with Crippen molar-refractivity contribution in [1.29, 1.82) is 0 Å². The van der Waals surface area contributed by atoms with Crippen LogP contribution in [0.4, 0.5) is 5.69 Å². The van der Waals surface area contributed by atoms with Gasteiger partial charge in [-0.2, -0.15) is 0 Å². The number of para-hydroxylation sites is 2. The molecule has 1 aliphatic heterocycles. The van der Waals surface area contributed by atoms with Gasteiger partial charge in [-0.3, -0.25) is 19.3 Å². The topological polar surface area (TPSA) is 86.7 Å². The zero-order chi connectivity index (χ0) is 16.6. The molecule has 3 amide bonds. The largest absolute Gasteiger partial charge is 0.506 e. The Hall–Kier alpha value is -3.15. The Bertz CT molecular complexity index is 781. The van der Waals surface area contributed by atoms with Crippen molar-refractivity contribution in [3.8, 4) is 5.75 Å². The van der Waals surface area contributed by atoms with Gasteiger partial charge in [-0.1, -0.05) is 24.3 Å². The van der Waals surface area contributed by atoms with E-state index in [1.165, 1.54) is 19.1 Å². The molecular formula is C17H14N2O4. The summed E-state index contributed by atoms with van der Waals surface area (Å²) in [5.41, 5.74) is 0.806. The molecule has 0 bridgehead atoms. The molecule has 1 atom stereocenters. The van der Waals surface area contributed by atoms with Gasteiger partial charge in [0.1, 0.15) is 11.8 Å². The van der Waals surface area contributed by atoms with E-state index < -0.39 is 23.8 Å². The van der Waals surface area contributed by atoms with Crippen LogP contribution in [0.3, 0.4) is 0 Å². The Morgan fingerprint density at radius 1 is 1.00 bits per heavy atom. The highest BCUT2D eigenvalue weighted by molar-refractivity contribution is 6.23. The third kappa shape index (κ3) is 2.44. The van der Waals surface area contributed by atoms with Crippen LogP contribution >= 0.6 is 0 Å². The number of amides is 3. The fourth-order valence-electron chi connectivity index (χ4n) is 2.49. The summed E-state index contributed by atoms with van der Waals surface area (Å²) in [7, 11) is 0. The third-order valence-electron chi connectivity index (χ3n) is 3.75. The van der Waals surface area contributed by atoms with Crippen LogP contribution in [0.5, 0.6) is 5.75 Å². The van der Waals surface area contributed by atoms with E-state index >= 15 is 0 Å². The van der Waals surface area contributed by atoms with Gasteiger partial charge in [0.2, 0.25) is 5.91 Å². The maximum Gasteiger partial charge on any atom is 0.262 e. The molecule has 2 aromatic rings. The molecule has 3 rings (SSSR count). The van der Waals surface area contributed by atoms with Gasteiger partial charge in [0.15, 0.2) is 0 Å². The first-order chi connectivity index (χ1) is 11.0. The van der Waals surface area contributed by atoms with E-state index in [-0.39, 0.29) is 11.4 Å². The van der Waals surface area contributed by atoms with Crippen molar-refractivity contribution in [2.24, 2.45) is 0 Å². The lowest BCUT2D eigenvalue weighted by Crippen LogP contribution is -2.45. The maximum atomic E-state index is 12.3. The smallest absolute Gasteiger partial charge is 0.262 e. The van der Waals surface area contributed by atoms with Gasteiger partial charge in [-0.05, 0) is 31.2 Å². The average molecular weight is 310 g/mol. The van der Waals surface area contributed by atoms with Gasteiger partial charge in [-0.15, -0.1) is 0 Å². The highest BCUT2D eigenvalue weighted by atomic mass is 16.3. The zero-order valence-corrected chi connectivity index (χ0v) is 12.3. The lowest BCUT2D eigenvalue weighted by molar-refractivity contribution is -0.119. The second-order valence-corrected chi connectivity index (χ2v) is 5.21. The van der Waals surface area contributed by atoms with E-state index in [1.807, 2.05) is 0 Å². The summed E-state index contributed by atoms with van der Waals surface area (Å²) >= 11 is 0. The van der Waals surface area contributed by atoms with E-state index in [1.54, 1.807) is 36.4 Å². The van der Waals surface area contributed by atoms with Gasteiger partial charge in [-0.25, -0.2) is 0 Å². The van der Waals surface area contributed by atoms with E-state index in [2.05, 4.69) is 5.32 Å². The molecule has 6 nitrogen and oxygen atoms in total. The van der Waals surface area contributed by atoms with Crippen LogP contribution in [0.15, 0.2) is 48.5 Å². The normalized spacial score (nSPS) is 14.6. The Morgan fingerprint density at radius 3 is 2.09 bits per heavy atom. The highest BCUT2D eigenvalue weighted by Crippen LogP contribution is 2.26. The molecule has 2 aromatic carbocycles. The summed E-state index contributed by atoms with van der Waals surface area (Å²) in [5, 5.41) is 12.2. The number of hydrogen-bond donors (Lipinski definition) is 2. The molecule has 0 spiro atoms. The summed E-state index contributed by atoms with van der Waals surface area (Å²) in [6.07, 6.45) is 0. The first-order valence-corrected chi connectivity index (χ1v) is 7.06. The molecule has 1 aliphatic rings. The number of nitrogens with zero attached hydrogens (tertiary/aromatic N) is 1. The van der Waals surface area contributed by atoms with Gasteiger partial charge >= 0.3 is 0 Å². The molecule has 0 aliphatic carbocycles. The number of aromatic hydroxyl groups is 1. The second-order valence-electron chi connectivity index (χ2n) is 5.21. The van der Waals surface area contributed by atoms with Crippen molar-refractivity contribution >= 4 is 23.4 Å². The van der Waals surface area contributed by atoms with Crippen molar-refractivity contribution in [2.45, 2.75) is 13.0 Å². The van der Waals surface area contributed by atoms with Gasteiger partial charge in [0.25, 0.3) is 11.8 Å². The lowest BCUT2D eigenvalue weighted by atomic mass is 10.1. The van der Waals surface area contributed by atoms with Crippen molar-refractivity contribution in [1.82, 2.24) is 4.90 Å². The summed E-state index contributed by atoms with van der Waals surface area (Å²) in [4.78, 5) is 38.0. The first kappa shape index (κ1) is 14.8. The molecule has 0 fully saturated rings. The molecule has 0 aromatic heterocycles. The average Bonchev–Trinajstić information content (AvgIpc) is 2.81. The fraction of sp³-hybridized carbons (Fsp3) is 0.118. The Kier molecular flexibility index (Phi) is 3.57. The molecule has 0 radical (unpaired) electrons. The van der Waals surface area contributed by atoms with Crippen LogP contribution < -0.4 is 5.32 Å². The SMILES string of the molecule is CC(C(=O)Nc1ccccc1O)N1C(=O)c2ccccc2C1=O. The van der Waals surface area contributed by atoms with Crippen LogP contribution in [0.25, 0.3) is 0 Å². The number of nitrogens with one attached hydrogen (secondary N) is 1. The van der Waals surface area contributed by atoms with Crippen molar-refractivity contribution in [3.63, 3.8) is 0 Å². The maximum absolute atomic E-state index is 12.3. The van der Waals surface area contributed by atoms with Crippen molar-refractivity contribution in [3.05, 3.63) is 59.7 Å². The minimum Gasteiger partial charge on any atom is -0.506 e. The molecule has 2 N–H and O–H groups in total. The van der Waals surface area contributed by atoms with Crippen LogP contribution in [0.2, 0.25) is 0 Å². The van der Waals surface area contributed by atoms with Crippen LogP contribution in [0, 0.1) is 0 Å². The predicted molar refractivity (Wildman–Crippen MR) is 83.1 cm³/mol. The Balaban J connectivity index is 1.83. The number of imide groups is 1. The van der Waals surface area contributed by atoms with Crippen molar-refractivity contribution in [2.75, 3.05) is 5.32 Å².